The van der Waals surface area contributed by atoms with Crippen LogP contribution >= 0.6 is 0 Å². The molecular weight excluding hydrogens is 270 g/mol. The van der Waals surface area contributed by atoms with Gasteiger partial charge in [0.2, 0.25) is 0 Å². The van der Waals surface area contributed by atoms with E-state index in [1.54, 1.807) is 0 Å². The molecule has 2 aliphatic rings. The third kappa shape index (κ3) is 6.17. The molecule has 0 radical (unpaired) electrons. The summed E-state index contributed by atoms with van der Waals surface area (Å²) >= 11 is 0. The second-order valence-electron chi connectivity index (χ2n) is 8.29. The van der Waals surface area contributed by atoms with E-state index in [4.69, 9.17) is 0 Å². The van der Waals surface area contributed by atoms with Gasteiger partial charge in [-0.05, 0) is 56.7 Å². The van der Waals surface area contributed by atoms with Crippen molar-refractivity contribution >= 4 is 0 Å². The smallest absolute Gasteiger partial charge is 0.0110 e. The van der Waals surface area contributed by atoms with Crippen LogP contribution < -0.4 is 0 Å². The fraction of sp³-hybridized carbons (Fsp3) is 1.00. The van der Waals surface area contributed by atoms with Crippen molar-refractivity contribution in [3.63, 3.8) is 0 Å². The summed E-state index contributed by atoms with van der Waals surface area (Å²) in [7, 11) is 0. The number of piperidine rings is 1. The van der Waals surface area contributed by atoms with Crippen LogP contribution in [0.2, 0.25) is 0 Å². The minimum absolute atomic E-state index is 0.840. The van der Waals surface area contributed by atoms with Crippen LogP contribution in [0.1, 0.15) is 47.0 Å². The predicted molar refractivity (Wildman–Crippen MR) is 96.3 cm³/mol. The Labute approximate surface area is 139 Å². The maximum absolute atomic E-state index is 2.70. The first-order valence-corrected chi connectivity index (χ1v) is 9.71. The van der Waals surface area contributed by atoms with Gasteiger partial charge in [-0.1, -0.05) is 27.7 Å². The zero-order valence-corrected chi connectivity index (χ0v) is 15.6. The average molecular weight is 310 g/mol. The van der Waals surface area contributed by atoms with E-state index in [9.17, 15) is 0 Å². The number of hydrogen-bond donors (Lipinski definition) is 0. The fourth-order valence-electron chi connectivity index (χ4n) is 3.80. The number of hydrogen-bond acceptors (Lipinski definition) is 3. The molecule has 0 amide bonds. The summed E-state index contributed by atoms with van der Waals surface area (Å²) in [4.78, 5) is 8.04. The van der Waals surface area contributed by atoms with Crippen molar-refractivity contribution in [2.75, 3.05) is 58.9 Å². The van der Waals surface area contributed by atoms with E-state index >= 15 is 0 Å². The van der Waals surface area contributed by atoms with Crippen LogP contribution in [0.4, 0.5) is 0 Å². The molecule has 0 aromatic carbocycles. The summed E-state index contributed by atoms with van der Waals surface area (Å²) in [5.41, 5.74) is 0. The standard InChI is InChI=1S/C19H39N3/c1-17(2)5-8-21-12-15-22(16-13-21)14-11-20-9-6-19(7-10-20)18(3)4/h17-19H,5-16H2,1-4H3. The largest absolute Gasteiger partial charge is 0.302 e. The van der Waals surface area contributed by atoms with Crippen LogP contribution in [0, 0.1) is 17.8 Å². The van der Waals surface area contributed by atoms with Crippen molar-refractivity contribution < 1.29 is 0 Å². The van der Waals surface area contributed by atoms with Crippen molar-refractivity contribution in [1.82, 2.24) is 14.7 Å². The molecule has 3 nitrogen and oxygen atoms in total. The van der Waals surface area contributed by atoms with Crippen LogP contribution in [0.5, 0.6) is 0 Å². The maximum atomic E-state index is 2.70. The summed E-state index contributed by atoms with van der Waals surface area (Å²) in [5.74, 6) is 2.69. The average Bonchev–Trinajstić information content (AvgIpc) is 2.52. The molecule has 2 heterocycles. The minimum atomic E-state index is 0.840. The van der Waals surface area contributed by atoms with Crippen LogP contribution in [-0.2, 0) is 0 Å². The minimum Gasteiger partial charge on any atom is -0.302 e. The van der Waals surface area contributed by atoms with E-state index < -0.39 is 0 Å². The predicted octanol–water partition coefficient (Wildman–Crippen LogP) is 3.02. The second kappa shape index (κ2) is 9.24. The number of likely N-dealkylation sites (tertiary alicyclic amines) is 1. The Morgan fingerprint density at radius 3 is 1.59 bits per heavy atom. The molecule has 2 fully saturated rings. The van der Waals surface area contributed by atoms with Crippen LogP contribution in [0.15, 0.2) is 0 Å². The Morgan fingerprint density at radius 2 is 1.14 bits per heavy atom. The monoisotopic (exact) mass is 309 g/mol. The molecule has 0 bridgehead atoms. The Morgan fingerprint density at radius 1 is 0.682 bits per heavy atom. The first-order chi connectivity index (χ1) is 10.5. The number of piperazine rings is 1. The highest BCUT2D eigenvalue weighted by Gasteiger charge is 2.22. The number of nitrogens with zero attached hydrogens (tertiary/aromatic N) is 3. The summed E-state index contributed by atoms with van der Waals surface area (Å²) in [5, 5.41) is 0. The highest BCUT2D eigenvalue weighted by molar-refractivity contribution is 4.77. The molecule has 0 aromatic rings. The molecule has 130 valence electrons. The molecule has 0 saturated carbocycles. The summed E-state index contributed by atoms with van der Waals surface area (Å²) in [6, 6.07) is 0. The molecule has 22 heavy (non-hydrogen) atoms. The van der Waals surface area contributed by atoms with E-state index in [1.165, 1.54) is 78.2 Å². The highest BCUT2D eigenvalue weighted by Crippen LogP contribution is 2.24. The lowest BCUT2D eigenvalue weighted by atomic mass is 9.87. The third-order valence-corrected chi connectivity index (χ3v) is 5.80. The molecule has 2 rings (SSSR count). The summed E-state index contributed by atoms with van der Waals surface area (Å²) in [6.07, 6.45) is 4.19. The van der Waals surface area contributed by atoms with Gasteiger partial charge in [0.15, 0.2) is 0 Å². The lowest BCUT2D eigenvalue weighted by Crippen LogP contribution is -2.49. The zero-order valence-electron chi connectivity index (χ0n) is 15.6. The van der Waals surface area contributed by atoms with Gasteiger partial charge in [-0.2, -0.15) is 0 Å². The van der Waals surface area contributed by atoms with E-state index in [0.717, 1.165) is 17.8 Å². The van der Waals surface area contributed by atoms with E-state index in [0.29, 0.717) is 0 Å². The van der Waals surface area contributed by atoms with Crippen molar-refractivity contribution in [3.05, 3.63) is 0 Å². The van der Waals surface area contributed by atoms with Crippen molar-refractivity contribution in [3.8, 4) is 0 Å². The molecule has 0 spiro atoms. The van der Waals surface area contributed by atoms with Crippen LogP contribution in [0.25, 0.3) is 0 Å². The van der Waals surface area contributed by atoms with Gasteiger partial charge in [0.05, 0.1) is 0 Å². The highest BCUT2D eigenvalue weighted by atomic mass is 15.3. The maximum Gasteiger partial charge on any atom is 0.0110 e. The van der Waals surface area contributed by atoms with Gasteiger partial charge < -0.3 is 9.80 Å². The Hall–Kier alpha value is -0.120. The molecule has 2 aliphatic heterocycles. The molecular formula is C19H39N3. The molecule has 0 aromatic heterocycles. The normalized spacial score (nSPS) is 23.7. The van der Waals surface area contributed by atoms with Crippen molar-refractivity contribution in [2.24, 2.45) is 17.8 Å². The quantitative estimate of drug-likeness (QED) is 0.716. The van der Waals surface area contributed by atoms with Gasteiger partial charge in [-0.15, -0.1) is 0 Å². The van der Waals surface area contributed by atoms with Crippen molar-refractivity contribution in [2.45, 2.75) is 47.0 Å². The first kappa shape index (κ1) is 18.2. The first-order valence-electron chi connectivity index (χ1n) is 9.71. The third-order valence-electron chi connectivity index (χ3n) is 5.80. The van der Waals surface area contributed by atoms with E-state index in [-0.39, 0.29) is 0 Å². The summed E-state index contributed by atoms with van der Waals surface area (Å²) in [6.45, 7) is 21.1. The number of rotatable bonds is 7. The lowest BCUT2D eigenvalue weighted by Gasteiger charge is -2.38. The molecule has 0 unspecified atom stereocenters. The SMILES string of the molecule is CC(C)CCN1CCN(CCN2CCC(C(C)C)CC2)CC1. The Kier molecular flexibility index (Phi) is 7.66. The van der Waals surface area contributed by atoms with Gasteiger partial charge in [0, 0.05) is 39.3 Å². The van der Waals surface area contributed by atoms with Gasteiger partial charge in [-0.3, -0.25) is 4.90 Å². The Balaban J connectivity index is 1.56. The van der Waals surface area contributed by atoms with Gasteiger partial charge in [0.25, 0.3) is 0 Å². The molecule has 0 aliphatic carbocycles. The van der Waals surface area contributed by atoms with Crippen LogP contribution in [0.3, 0.4) is 0 Å². The molecule has 0 N–H and O–H groups in total. The zero-order chi connectivity index (χ0) is 15.9. The molecule has 3 heteroatoms. The summed E-state index contributed by atoms with van der Waals surface area (Å²) < 4.78 is 0. The van der Waals surface area contributed by atoms with Gasteiger partial charge in [0.1, 0.15) is 0 Å². The molecule has 0 atom stereocenters. The van der Waals surface area contributed by atoms with Gasteiger partial charge >= 0.3 is 0 Å². The second-order valence-corrected chi connectivity index (χ2v) is 8.29. The van der Waals surface area contributed by atoms with E-state index in [1.807, 2.05) is 0 Å². The van der Waals surface area contributed by atoms with Crippen molar-refractivity contribution in [1.29, 1.82) is 0 Å². The molecule has 2 saturated heterocycles. The van der Waals surface area contributed by atoms with Gasteiger partial charge in [-0.25, -0.2) is 0 Å². The lowest BCUT2D eigenvalue weighted by molar-refractivity contribution is 0.100. The Bertz CT molecular complexity index is 287. The van der Waals surface area contributed by atoms with E-state index in [2.05, 4.69) is 42.4 Å². The fourth-order valence-corrected chi connectivity index (χ4v) is 3.80. The topological polar surface area (TPSA) is 9.72 Å². The van der Waals surface area contributed by atoms with Crippen LogP contribution in [-0.4, -0.2) is 73.6 Å².